The Balaban J connectivity index is 1.82. The maximum Gasteiger partial charge on any atom is 0.170 e. The molecule has 0 bridgehead atoms. The SMILES string of the molecule is COCCCNC(=S)Nc1ccc(Oc2ccc(C)cc2)cc1. The largest absolute Gasteiger partial charge is 0.457 e. The average Bonchev–Trinajstić information content (AvgIpc) is 2.56. The molecule has 0 spiro atoms. The zero-order valence-corrected chi connectivity index (χ0v) is 14.3. The maximum absolute atomic E-state index is 5.79. The van der Waals surface area contributed by atoms with Crippen molar-refractivity contribution in [1.29, 1.82) is 0 Å². The Kier molecular flexibility index (Phi) is 6.84. The number of nitrogens with one attached hydrogen (secondary N) is 2. The lowest BCUT2D eigenvalue weighted by Crippen LogP contribution is -2.29. The van der Waals surface area contributed by atoms with Crippen molar-refractivity contribution in [2.24, 2.45) is 0 Å². The fraction of sp³-hybridized carbons (Fsp3) is 0.278. The highest BCUT2D eigenvalue weighted by Crippen LogP contribution is 2.23. The first-order chi connectivity index (χ1) is 11.2. The Morgan fingerprint density at radius 1 is 1.00 bits per heavy atom. The molecule has 0 saturated carbocycles. The van der Waals surface area contributed by atoms with E-state index in [4.69, 9.17) is 21.7 Å². The lowest BCUT2D eigenvalue weighted by Gasteiger charge is -2.11. The van der Waals surface area contributed by atoms with Gasteiger partial charge in [-0.05, 0) is 62.0 Å². The van der Waals surface area contributed by atoms with Crippen LogP contribution in [0.1, 0.15) is 12.0 Å². The van der Waals surface area contributed by atoms with Crippen LogP contribution in [0.3, 0.4) is 0 Å². The van der Waals surface area contributed by atoms with E-state index in [0.29, 0.717) is 5.11 Å². The van der Waals surface area contributed by atoms with Crippen LogP contribution in [0, 0.1) is 6.92 Å². The molecule has 122 valence electrons. The molecule has 0 aliphatic carbocycles. The van der Waals surface area contributed by atoms with E-state index in [9.17, 15) is 0 Å². The van der Waals surface area contributed by atoms with Crippen LogP contribution in [0.2, 0.25) is 0 Å². The molecule has 0 aliphatic heterocycles. The summed E-state index contributed by atoms with van der Waals surface area (Å²) >= 11 is 5.24. The summed E-state index contributed by atoms with van der Waals surface area (Å²) in [5.74, 6) is 1.62. The van der Waals surface area contributed by atoms with Crippen molar-refractivity contribution in [3.63, 3.8) is 0 Å². The number of rotatable bonds is 7. The molecule has 2 rings (SSSR count). The molecule has 5 heteroatoms. The van der Waals surface area contributed by atoms with Crippen molar-refractivity contribution in [2.45, 2.75) is 13.3 Å². The molecule has 2 N–H and O–H groups in total. The van der Waals surface area contributed by atoms with Gasteiger partial charge in [0.15, 0.2) is 5.11 Å². The number of thiocarbonyl (C=S) groups is 1. The second-order valence-corrected chi connectivity index (χ2v) is 5.57. The number of ether oxygens (including phenoxy) is 2. The predicted octanol–water partition coefficient (Wildman–Crippen LogP) is 4.11. The predicted molar refractivity (Wildman–Crippen MR) is 98.4 cm³/mol. The molecule has 2 aromatic carbocycles. The zero-order valence-electron chi connectivity index (χ0n) is 13.5. The summed E-state index contributed by atoms with van der Waals surface area (Å²) in [7, 11) is 1.69. The maximum atomic E-state index is 5.79. The molecule has 0 amide bonds. The highest BCUT2D eigenvalue weighted by molar-refractivity contribution is 7.80. The van der Waals surface area contributed by atoms with Crippen LogP contribution < -0.4 is 15.4 Å². The van der Waals surface area contributed by atoms with Crippen LogP contribution in [0.5, 0.6) is 11.5 Å². The third-order valence-corrected chi connectivity index (χ3v) is 3.43. The van der Waals surface area contributed by atoms with Crippen molar-refractivity contribution in [1.82, 2.24) is 5.32 Å². The molecule has 2 aromatic rings. The van der Waals surface area contributed by atoms with Crippen LogP contribution in [0.25, 0.3) is 0 Å². The molecule has 0 fully saturated rings. The van der Waals surface area contributed by atoms with Crippen molar-refractivity contribution in [2.75, 3.05) is 25.6 Å². The third-order valence-electron chi connectivity index (χ3n) is 3.18. The Morgan fingerprint density at radius 3 is 2.22 bits per heavy atom. The van der Waals surface area contributed by atoms with Gasteiger partial charge >= 0.3 is 0 Å². The second kappa shape index (κ2) is 9.12. The number of hydrogen-bond donors (Lipinski definition) is 2. The second-order valence-electron chi connectivity index (χ2n) is 5.17. The summed E-state index contributed by atoms with van der Waals surface area (Å²) in [4.78, 5) is 0. The van der Waals surface area contributed by atoms with E-state index in [2.05, 4.69) is 17.6 Å². The quantitative estimate of drug-likeness (QED) is 0.591. The molecule has 0 aliphatic rings. The first kappa shape index (κ1) is 17.2. The van der Waals surface area contributed by atoms with Gasteiger partial charge in [-0.25, -0.2) is 0 Å². The van der Waals surface area contributed by atoms with Gasteiger partial charge in [0.2, 0.25) is 0 Å². The number of aryl methyl sites for hydroxylation is 1. The van der Waals surface area contributed by atoms with Gasteiger partial charge in [0, 0.05) is 25.9 Å². The molecule has 23 heavy (non-hydrogen) atoms. The van der Waals surface area contributed by atoms with Crippen molar-refractivity contribution in [3.05, 3.63) is 54.1 Å². The van der Waals surface area contributed by atoms with Crippen LogP contribution in [-0.2, 0) is 4.74 Å². The van der Waals surface area contributed by atoms with Gasteiger partial charge < -0.3 is 20.1 Å². The molecular formula is C18H22N2O2S. The topological polar surface area (TPSA) is 42.5 Å². The molecule has 0 aromatic heterocycles. The van der Waals surface area contributed by atoms with E-state index in [1.165, 1.54) is 5.56 Å². The van der Waals surface area contributed by atoms with Gasteiger partial charge in [-0.2, -0.15) is 0 Å². The Labute approximate surface area is 142 Å². The van der Waals surface area contributed by atoms with Crippen molar-refractivity contribution in [3.8, 4) is 11.5 Å². The smallest absolute Gasteiger partial charge is 0.170 e. The highest BCUT2D eigenvalue weighted by atomic mass is 32.1. The van der Waals surface area contributed by atoms with Gasteiger partial charge in [-0.15, -0.1) is 0 Å². The molecule has 4 nitrogen and oxygen atoms in total. The molecule has 0 saturated heterocycles. The minimum absolute atomic E-state index is 0.605. The minimum Gasteiger partial charge on any atom is -0.457 e. The van der Waals surface area contributed by atoms with Gasteiger partial charge in [-0.3, -0.25) is 0 Å². The molecule has 0 heterocycles. The lowest BCUT2D eigenvalue weighted by molar-refractivity contribution is 0.196. The number of benzene rings is 2. The van der Waals surface area contributed by atoms with Gasteiger partial charge in [0.25, 0.3) is 0 Å². The minimum atomic E-state index is 0.605. The van der Waals surface area contributed by atoms with E-state index in [0.717, 1.165) is 36.8 Å². The van der Waals surface area contributed by atoms with Gasteiger partial charge in [-0.1, -0.05) is 17.7 Å². The summed E-state index contributed by atoms with van der Waals surface area (Å²) in [6.45, 7) is 3.56. The normalized spacial score (nSPS) is 10.2. The average molecular weight is 330 g/mol. The fourth-order valence-electron chi connectivity index (χ4n) is 1.94. The summed E-state index contributed by atoms with van der Waals surface area (Å²) < 4.78 is 10.8. The van der Waals surface area contributed by atoms with Crippen LogP contribution in [0.15, 0.2) is 48.5 Å². The van der Waals surface area contributed by atoms with Gasteiger partial charge in [0.1, 0.15) is 11.5 Å². The first-order valence-electron chi connectivity index (χ1n) is 7.56. The van der Waals surface area contributed by atoms with Crippen LogP contribution >= 0.6 is 12.2 Å². The van der Waals surface area contributed by atoms with Crippen molar-refractivity contribution < 1.29 is 9.47 Å². The summed E-state index contributed by atoms with van der Waals surface area (Å²) in [6.07, 6.45) is 0.918. The lowest BCUT2D eigenvalue weighted by atomic mass is 10.2. The fourth-order valence-corrected chi connectivity index (χ4v) is 2.16. The van der Waals surface area contributed by atoms with Crippen LogP contribution in [0.4, 0.5) is 5.69 Å². The Morgan fingerprint density at radius 2 is 1.61 bits per heavy atom. The first-order valence-corrected chi connectivity index (χ1v) is 7.96. The Bertz CT molecular complexity index is 612. The summed E-state index contributed by atoms with van der Waals surface area (Å²) in [6, 6.07) is 15.7. The Hall–Kier alpha value is -2.11. The molecular weight excluding hydrogens is 308 g/mol. The van der Waals surface area contributed by atoms with Gasteiger partial charge in [0.05, 0.1) is 0 Å². The highest BCUT2D eigenvalue weighted by Gasteiger charge is 2.00. The van der Waals surface area contributed by atoms with E-state index < -0.39 is 0 Å². The molecule has 0 unspecified atom stereocenters. The standard InChI is InChI=1S/C18H22N2O2S/c1-14-4-8-16(9-5-14)22-17-10-6-15(7-11-17)20-18(23)19-12-3-13-21-2/h4-11H,3,12-13H2,1-2H3,(H2,19,20,23). The van der Waals surface area contributed by atoms with Crippen molar-refractivity contribution >= 4 is 23.0 Å². The number of hydrogen-bond acceptors (Lipinski definition) is 3. The number of methoxy groups -OCH3 is 1. The summed E-state index contributed by atoms with van der Waals surface area (Å²) in [5.41, 5.74) is 2.13. The van der Waals surface area contributed by atoms with E-state index in [1.807, 2.05) is 48.5 Å². The van der Waals surface area contributed by atoms with E-state index in [1.54, 1.807) is 7.11 Å². The summed E-state index contributed by atoms with van der Waals surface area (Å²) in [5, 5.41) is 6.88. The zero-order chi connectivity index (χ0) is 16.5. The number of anilines is 1. The molecule has 0 radical (unpaired) electrons. The van der Waals surface area contributed by atoms with E-state index in [-0.39, 0.29) is 0 Å². The van der Waals surface area contributed by atoms with Crippen LogP contribution in [-0.4, -0.2) is 25.4 Å². The monoisotopic (exact) mass is 330 g/mol. The molecule has 0 atom stereocenters. The van der Waals surface area contributed by atoms with E-state index >= 15 is 0 Å². The third kappa shape index (κ3) is 6.26.